The molecule has 0 amide bonds. The minimum absolute atomic E-state index is 0.167. The third-order valence-corrected chi connectivity index (χ3v) is 8.19. The molecule has 154 valence electrons. The standard InChI is InChI=1S/C26H23N2O2P/c29-31(23-18-10-11-19-27-23)26(22-16-8-3-9-17-22)28-24(20-12-4-1-5-13-20)25(30-31)21-14-6-2-7-15-21/h1-19,24-26,28H/t24-,25+,26+,31?/m0/s1. The summed E-state index contributed by atoms with van der Waals surface area (Å²) in [6.45, 7) is 0. The van der Waals surface area contributed by atoms with Crippen molar-refractivity contribution >= 4 is 12.8 Å². The van der Waals surface area contributed by atoms with Crippen LogP contribution >= 0.6 is 7.37 Å². The van der Waals surface area contributed by atoms with Crippen molar-refractivity contribution in [3.8, 4) is 0 Å². The lowest BCUT2D eigenvalue weighted by Crippen LogP contribution is -2.40. The Bertz CT molecular complexity index is 1170. The molecular formula is C26H23N2O2P. The number of hydrogen-bond acceptors (Lipinski definition) is 4. The number of benzene rings is 3. The van der Waals surface area contributed by atoms with Crippen LogP contribution in [0.15, 0.2) is 115 Å². The molecule has 1 aliphatic heterocycles. The molecule has 4 atom stereocenters. The Hall–Kier alpha value is -3.04. The molecule has 0 radical (unpaired) electrons. The van der Waals surface area contributed by atoms with Gasteiger partial charge in [-0.25, -0.2) is 0 Å². The quantitative estimate of drug-likeness (QED) is 0.420. The van der Waals surface area contributed by atoms with Gasteiger partial charge >= 0.3 is 0 Å². The lowest BCUT2D eigenvalue weighted by atomic mass is 9.95. The summed E-state index contributed by atoms with van der Waals surface area (Å²) in [5.74, 6) is -0.506. The summed E-state index contributed by atoms with van der Waals surface area (Å²) in [5.41, 5.74) is 3.46. The Kier molecular flexibility index (Phi) is 5.52. The maximum atomic E-state index is 14.6. The predicted molar refractivity (Wildman–Crippen MR) is 123 cm³/mol. The van der Waals surface area contributed by atoms with Crippen molar-refractivity contribution in [1.82, 2.24) is 10.3 Å². The molecule has 5 rings (SSSR count). The van der Waals surface area contributed by atoms with Gasteiger partial charge in [-0.05, 0) is 28.8 Å². The van der Waals surface area contributed by atoms with Gasteiger partial charge in [-0.3, -0.25) is 14.9 Å². The molecule has 31 heavy (non-hydrogen) atoms. The van der Waals surface area contributed by atoms with Crippen molar-refractivity contribution < 1.29 is 9.09 Å². The van der Waals surface area contributed by atoms with Crippen LogP contribution in [-0.4, -0.2) is 4.98 Å². The highest BCUT2D eigenvalue weighted by atomic mass is 31.2. The van der Waals surface area contributed by atoms with E-state index in [1.165, 1.54) is 0 Å². The zero-order valence-corrected chi connectivity index (χ0v) is 17.8. The van der Waals surface area contributed by atoms with Gasteiger partial charge in [0, 0.05) is 6.20 Å². The van der Waals surface area contributed by atoms with Gasteiger partial charge < -0.3 is 4.52 Å². The molecule has 0 bridgehead atoms. The van der Waals surface area contributed by atoms with Crippen LogP contribution in [0.3, 0.4) is 0 Å². The monoisotopic (exact) mass is 426 g/mol. The lowest BCUT2D eigenvalue weighted by Gasteiger charge is -2.42. The molecule has 5 heteroatoms. The van der Waals surface area contributed by atoms with Crippen LogP contribution in [-0.2, 0) is 9.09 Å². The van der Waals surface area contributed by atoms with Crippen LogP contribution < -0.4 is 10.8 Å². The van der Waals surface area contributed by atoms with Crippen molar-refractivity contribution in [3.05, 3.63) is 132 Å². The van der Waals surface area contributed by atoms with E-state index in [9.17, 15) is 4.57 Å². The molecule has 1 saturated heterocycles. The number of nitrogens with one attached hydrogen (secondary N) is 1. The Labute approximate surface area is 182 Å². The molecular weight excluding hydrogens is 403 g/mol. The topological polar surface area (TPSA) is 51.2 Å². The normalized spacial score (nSPS) is 25.7. The van der Waals surface area contributed by atoms with Crippen LogP contribution in [0.25, 0.3) is 0 Å². The van der Waals surface area contributed by atoms with Crippen molar-refractivity contribution in [2.75, 3.05) is 0 Å². The Morgan fingerprint density at radius 3 is 1.81 bits per heavy atom. The highest BCUT2D eigenvalue weighted by Crippen LogP contribution is 2.65. The molecule has 4 nitrogen and oxygen atoms in total. The van der Waals surface area contributed by atoms with Crippen molar-refractivity contribution in [2.45, 2.75) is 17.9 Å². The van der Waals surface area contributed by atoms with Gasteiger partial charge in [-0.15, -0.1) is 0 Å². The number of nitrogens with zero attached hydrogens (tertiary/aromatic N) is 1. The fourth-order valence-electron chi connectivity index (χ4n) is 4.13. The Morgan fingerprint density at radius 2 is 1.23 bits per heavy atom. The van der Waals surface area contributed by atoms with E-state index in [-0.39, 0.29) is 6.04 Å². The van der Waals surface area contributed by atoms with Gasteiger partial charge in [0.25, 0.3) is 7.37 Å². The first-order chi connectivity index (χ1) is 15.3. The third kappa shape index (κ3) is 3.86. The van der Waals surface area contributed by atoms with E-state index >= 15 is 0 Å². The second-order valence-corrected chi connectivity index (χ2v) is 9.97. The van der Waals surface area contributed by atoms with Crippen molar-refractivity contribution in [1.29, 1.82) is 0 Å². The fourth-order valence-corrected chi connectivity index (χ4v) is 6.64. The second-order valence-electron chi connectivity index (χ2n) is 7.59. The van der Waals surface area contributed by atoms with E-state index in [2.05, 4.69) is 22.4 Å². The van der Waals surface area contributed by atoms with E-state index in [0.717, 1.165) is 16.7 Å². The van der Waals surface area contributed by atoms with Crippen LogP contribution in [0.4, 0.5) is 0 Å². The Morgan fingerprint density at radius 1 is 0.677 bits per heavy atom. The van der Waals surface area contributed by atoms with Crippen LogP contribution in [0.5, 0.6) is 0 Å². The zero-order valence-electron chi connectivity index (χ0n) is 16.9. The first kappa shape index (κ1) is 19.9. The maximum Gasteiger partial charge on any atom is 0.271 e. The molecule has 0 saturated carbocycles. The molecule has 3 aromatic carbocycles. The van der Waals surface area contributed by atoms with E-state index in [1.807, 2.05) is 91.0 Å². The lowest BCUT2D eigenvalue weighted by molar-refractivity contribution is 0.127. The molecule has 1 fully saturated rings. The fraction of sp³-hybridized carbons (Fsp3) is 0.115. The summed E-state index contributed by atoms with van der Waals surface area (Å²) in [7, 11) is -3.40. The van der Waals surface area contributed by atoms with Crippen molar-refractivity contribution in [3.63, 3.8) is 0 Å². The number of hydrogen-bond donors (Lipinski definition) is 1. The van der Waals surface area contributed by atoms with E-state index in [0.29, 0.717) is 5.44 Å². The summed E-state index contributed by atoms with van der Waals surface area (Å²) in [4.78, 5) is 4.45. The van der Waals surface area contributed by atoms with E-state index < -0.39 is 19.3 Å². The Balaban J connectivity index is 1.67. The summed E-state index contributed by atoms with van der Waals surface area (Å²) in [6, 6.07) is 35.3. The highest BCUT2D eigenvalue weighted by molar-refractivity contribution is 7.67. The molecule has 1 aliphatic rings. The van der Waals surface area contributed by atoms with Crippen LogP contribution in [0.2, 0.25) is 0 Å². The average Bonchev–Trinajstić information content (AvgIpc) is 2.86. The third-order valence-electron chi connectivity index (χ3n) is 5.62. The molecule has 0 aliphatic carbocycles. The predicted octanol–water partition coefficient (Wildman–Crippen LogP) is 5.79. The highest BCUT2D eigenvalue weighted by Gasteiger charge is 2.48. The minimum atomic E-state index is -3.40. The largest absolute Gasteiger partial charge is 0.313 e. The van der Waals surface area contributed by atoms with Gasteiger partial charge in [0.2, 0.25) is 0 Å². The summed E-state index contributed by atoms with van der Waals surface area (Å²) in [6.07, 6.45) is 1.25. The first-order valence-corrected chi connectivity index (χ1v) is 12.1. The summed E-state index contributed by atoms with van der Waals surface area (Å²) in [5, 5.41) is 3.70. The van der Waals surface area contributed by atoms with E-state index in [1.54, 1.807) is 12.3 Å². The molecule has 1 aromatic heterocycles. The summed E-state index contributed by atoms with van der Waals surface area (Å²) < 4.78 is 21.2. The summed E-state index contributed by atoms with van der Waals surface area (Å²) >= 11 is 0. The maximum absolute atomic E-state index is 14.6. The number of aromatic nitrogens is 1. The van der Waals surface area contributed by atoms with Gasteiger partial charge in [0.15, 0.2) is 0 Å². The van der Waals surface area contributed by atoms with Gasteiger partial charge in [0.05, 0.1) is 6.04 Å². The average molecular weight is 426 g/mol. The molecule has 4 aromatic rings. The smallest absolute Gasteiger partial charge is 0.271 e. The number of rotatable bonds is 4. The number of pyridine rings is 1. The van der Waals surface area contributed by atoms with Gasteiger partial charge in [-0.1, -0.05) is 97.1 Å². The first-order valence-electron chi connectivity index (χ1n) is 10.4. The molecule has 1 N–H and O–H groups in total. The van der Waals surface area contributed by atoms with Crippen molar-refractivity contribution in [2.24, 2.45) is 0 Å². The van der Waals surface area contributed by atoms with Crippen LogP contribution in [0.1, 0.15) is 34.6 Å². The SMILES string of the molecule is O=P1(c2ccccn2)O[C@H](c2ccccc2)[C@H](c2ccccc2)N[C@H]1c1ccccc1. The van der Waals surface area contributed by atoms with Gasteiger partial charge in [-0.2, -0.15) is 0 Å². The molecule has 1 unspecified atom stereocenters. The molecule has 2 heterocycles. The van der Waals surface area contributed by atoms with Crippen LogP contribution in [0, 0.1) is 0 Å². The second kappa shape index (κ2) is 8.60. The zero-order chi connectivity index (χ0) is 21.1. The minimum Gasteiger partial charge on any atom is -0.313 e. The molecule has 0 spiro atoms. The van der Waals surface area contributed by atoms with Gasteiger partial charge in [0.1, 0.15) is 17.3 Å². The van der Waals surface area contributed by atoms with E-state index in [4.69, 9.17) is 4.52 Å².